The lowest BCUT2D eigenvalue weighted by Crippen LogP contribution is -2.37. The molecule has 1 atom stereocenters. The highest BCUT2D eigenvalue weighted by Crippen LogP contribution is 2.40. The molecule has 0 bridgehead atoms. The molecular weight excluding hydrogens is 551 g/mol. The van der Waals surface area contributed by atoms with Crippen LogP contribution < -0.4 is 22.1 Å². The van der Waals surface area contributed by atoms with Gasteiger partial charge in [-0.25, -0.2) is 0 Å². The Bertz CT molecular complexity index is 1050. The van der Waals surface area contributed by atoms with Gasteiger partial charge in [0.2, 0.25) is 12.3 Å². The summed E-state index contributed by atoms with van der Waals surface area (Å²) in [7, 11) is 0. The monoisotopic (exact) mass is 598 g/mol. The van der Waals surface area contributed by atoms with Gasteiger partial charge in [-0.1, -0.05) is 76.1 Å². The molecule has 0 spiro atoms. The van der Waals surface area contributed by atoms with Gasteiger partial charge in [0.1, 0.15) is 6.61 Å². The fourth-order valence-electron chi connectivity index (χ4n) is 4.43. The highest BCUT2D eigenvalue weighted by Gasteiger charge is 2.27. The van der Waals surface area contributed by atoms with Crippen LogP contribution in [0.4, 0.5) is 0 Å². The Morgan fingerprint density at radius 2 is 1.85 bits per heavy atom. The maximum atomic E-state index is 12.0. The summed E-state index contributed by atoms with van der Waals surface area (Å²) in [6.07, 6.45) is 12.8. The van der Waals surface area contributed by atoms with Crippen LogP contribution in [0, 0.1) is 0 Å². The van der Waals surface area contributed by atoms with Crippen molar-refractivity contribution in [1.29, 1.82) is 0 Å². The Balaban J connectivity index is 0.000000621. The third kappa shape index (κ3) is 10.9. The van der Waals surface area contributed by atoms with Crippen LogP contribution in [0.25, 0.3) is 10.9 Å². The molecule has 1 aliphatic heterocycles. The average molecular weight is 600 g/mol. The van der Waals surface area contributed by atoms with Gasteiger partial charge in [0.05, 0.1) is 21.6 Å². The smallest absolute Gasteiger partial charge is 0.248 e. The van der Waals surface area contributed by atoms with Crippen LogP contribution in [0.1, 0.15) is 82.2 Å². The third-order valence-electron chi connectivity index (χ3n) is 6.50. The highest BCUT2D eigenvalue weighted by molar-refractivity contribution is 6.45. The van der Waals surface area contributed by atoms with E-state index in [2.05, 4.69) is 22.5 Å². The maximum Gasteiger partial charge on any atom is 0.248 e. The lowest BCUT2D eigenvalue weighted by Gasteiger charge is -2.27. The first-order valence-electron chi connectivity index (χ1n) is 14.3. The predicted octanol–water partition coefficient (Wildman–Crippen LogP) is 4.53. The predicted molar refractivity (Wildman–Crippen MR) is 166 cm³/mol. The van der Waals surface area contributed by atoms with Crippen LogP contribution >= 0.6 is 23.2 Å². The number of nitrogens with two attached hydrogens (primary N) is 2. The lowest BCUT2D eigenvalue weighted by atomic mass is 9.96. The number of aliphatic hydroxyl groups is 1. The molecule has 0 radical (unpaired) electrons. The fourth-order valence-corrected chi connectivity index (χ4v) is 4.84. The number of carbonyl (C=O) groups excluding carboxylic acids is 2. The summed E-state index contributed by atoms with van der Waals surface area (Å²) in [5.74, 6) is -0.316. The Morgan fingerprint density at radius 3 is 2.50 bits per heavy atom. The number of aliphatic hydroxyl groups excluding tert-OH is 1. The Labute approximate surface area is 249 Å². The SMILES string of the molecule is CC.CCCCCCCCN.NC(/C=C\NCCNC=O)c1cc(Cl)c(Cl)c2[nH]c3c(c12)CN(C(=O)CO)CC3. The summed E-state index contributed by atoms with van der Waals surface area (Å²) >= 11 is 12.8. The number of H-pyrrole nitrogens is 1. The molecular formula is C29H48Cl2N6O3. The van der Waals surface area contributed by atoms with Crippen LogP contribution in [0.15, 0.2) is 18.3 Å². The minimum Gasteiger partial charge on any atom is -0.389 e. The minimum absolute atomic E-state index is 0.316. The van der Waals surface area contributed by atoms with Crippen molar-refractivity contribution < 1.29 is 14.7 Å². The summed E-state index contributed by atoms with van der Waals surface area (Å²) in [6, 6.07) is 1.28. The number of nitrogens with zero attached hydrogens (tertiary/aromatic N) is 1. The van der Waals surface area contributed by atoms with Crippen molar-refractivity contribution >= 4 is 46.4 Å². The quantitative estimate of drug-likeness (QED) is 0.139. The summed E-state index contributed by atoms with van der Waals surface area (Å²) in [5.41, 5.74) is 15.2. The van der Waals surface area contributed by atoms with Gasteiger partial charge in [0.15, 0.2) is 0 Å². The molecule has 0 aliphatic carbocycles. The zero-order valence-electron chi connectivity index (χ0n) is 24.2. The minimum atomic E-state index is -0.524. The molecule has 1 unspecified atom stereocenters. The van der Waals surface area contributed by atoms with E-state index in [-0.39, 0.29) is 5.91 Å². The van der Waals surface area contributed by atoms with Crippen molar-refractivity contribution in [2.75, 3.05) is 32.8 Å². The zero-order chi connectivity index (χ0) is 29.9. The second-order valence-corrected chi connectivity index (χ2v) is 10.1. The number of unbranched alkanes of at least 4 members (excludes halogenated alkanes) is 5. The number of fused-ring (bicyclic) bond motifs is 3. The zero-order valence-corrected chi connectivity index (χ0v) is 25.7. The van der Waals surface area contributed by atoms with Crippen molar-refractivity contribution in [2.45, 2.75) is 78.3 Å². The number of benzene rings is 1. The number of carbonyl (C=O) groups is 2. The van der Waals surface area contributed by atoms with Crippen molar-refractivity contribution in [1.82, 2.24) is 20.5 Å². The van der Waals surface area contributed by atoms with E-state index >= 15 is 0 Å². The van der Waals surface area contributed by atoms with Crippen molar-refractivity contribution in [3.05, 3.63) is 45.2 Å². The summed E-state index contributed by atoms with van der Waals surface area (Å²) < 4.78 is 0. The number of hydrogen-bond donors (Lipinski definition) is 6. The van der Waals surface area contributed by atoms with Gasteiger partial charge in [0.25, 0.3) is 0 Å². The third-order valence-corrected chi connectivity index (χ3v) is 7.28. The molecule has 0 fully saturated rings. The van der Waals surface area contributed by atoms with E-state index < -0.39 is 12.6 Å². The van der Waals surface area contributed by atoms with Crippen molar-refractivity contribution in [3.63, 3.8) is 0 Å². The van der Waals surface area contributed by atoms with Crippen LogP contribution in [0.3, 0.4) is 0 Å². The Kier molecular flexibility index (Phi) is 18.4. The van der Waals surface area contributed by atoms with Gasteiger partial charge >= 0.3 is 0 Å². The molecule has 9 nitrogen and oxygen atoms in total. The van der Waals surface area contributed by atoms with Crippen molar-refractivity contribution in [2.24, 2.45) is 11.5 Å². The van der Waals surface area contributed by atoms with E-state index in [0.29, 0.717) is 54.6 Å². The summed E-state index contributed by atoms with van der Waals surface area (Å²) in [5, 5.41) is 16.5. The lowest BCUT2D eigenvalue weighted by molar-refractivity contribution is -0.135. The number of halogens is 2. The first-order valence-corrected chi connectivity index (χ1v) is 15.1. The van der Waals surface area contributed by atoms with E-state index in [0.717, 1.165) is 28.8 Å². The van der Waals surface area contributed by atoms with E-state index in [1.807, 2.05) is 13.8 Å². The highest BCUT2D eigenvalue weighted by atomic mass is 35.5. The van der Waals surface area contributed by atoms with Gasteiger partial charge in [-0.2, -0.15) is 0 Å². The molecule has 1 aromatic carbocycles. The number of aromatic nitrogens is 1. The van der Waals surface area contributed by atoms with E-state index in [1.165, 1.54) is 38.5 Å². The fraction of sp³-hybridized carbons (Fsp3) is 0.586. The first kappa shape index (κ1) is 35.7. The molecule has 11 heteroatoms. The Hall–Kier alpha value is -2.30. The topological polar surface area (TPSA) is 149 Å². The molecule has 1 aromatic heterocycles. The number of hydrogen-bond acceptors (Lipinski definition) is 6. The Morgan fingerprint density at radius 1 is 1.18 bits per heavy atom. The number of aromatic amines is 1. The van der Waals surface area contributed by atoms with E-state index in [4.69, 9.17) is 34.7 Å². The molecule has 0 saturated heterocycles. The maximum absolute atomic E-state index is 12.0. The van der Waals surface area contributed by atoms with Gasteiger partial charge in [-0.05, 0) is 36.9 Å². The molecule has 2 amide bonds. The standard InChI is InChI=1S/C19H23Cl2N5O3.C8H19N.C2H6/c20-13-7-11(14(22)1-3-23-4-5-24-10-28)17-12-8-26(16(29)9-27)6-2-15(12)25-19(17)18(13)21;1-2-3-4-5-6-7-8-9;1-2/h1,3,7,10,14,23,25,27H,2,4-6,8-9,22H2,(H,24,28);2-9H2,1H3;1-2H3/b3-1-;;. The number of nitrogens with one attached hydrogen (secondary N) is 3. The molecule has 2 aromatic rings. The van der Waals surface area contributed by atoms with Crippen LogP contribution in [0.2, 0.25) is 10.0 Å². The van der Waals surface area contributed by atoms with Gasteiger partial charge in [-0.3, -0.25) is 9.59 Å². The van der Waals surface area contributed by atoms with E-state index in [1.54, 1.807) is 23.2 Å². The van der Waals surface area contributed by atoms with Crippen molar-refractivity contribution in [3.8, 4) is 0 Å². The van der Waals surface area contributed by atoms with Crippen LogP contribution in [-0.4, -0.2) is 60.1 Å². The number of amides is 2. The normalized spacial score (nSPS) is 13.2. The molecule has 40 heavy (non-hydrogen) atoms. The second-order valence-electron chi connectivity index (χ2n) is 9.28. The molecule has 8 N–H and O–H groups in total. The summed E-state index contributed by atoms with van der Waals surface area (Å²) in [6.45, 7) is 8.53. The largest absolute Gasteiger partial charge is 0.389 e. The second kappa shape index (κ2) is 20.6. The van der Waals surface area contributed by atoms with Crippen LogP contribution in [0.5, 0.6) is 0 Å². The number of rotatable bonds is 14. The summed E-state index contributed by atoms with van der Waals surface area (Å²) in [4.78, 5) is 27.2. The average Bonchev–Trinajstić information content (AvgIpc) is 3.36. The van der Waals surface area contributed by atoms with Gasteiger partial charge in [-0.15, -0.1) is 0 Å². The van der Waals surface area contributed by atoms with Crippen LogP contribution in [-0.2, 0) is 22.6 Å². The molecule has 226 valence electrons. The van der Waals surface area contributed by atoms with E-state index in [9.17, 15) is 14.7 Å². The molecule has 3 rings (SSSR count). The molecule has 2 heterocycles. The molecule has 0 saturated carbocycles. The van der Waals surface area contributed by atoms with Gasteiger partial charge in [0, 0.05) is 49.2 Å². The first-order chi connectivity index (χ1) is 19.4. The van der Waals surface area contributed by atoms with Gasteiger partial charge < -0.3 is 37.1 Å². The molecule has 1 aliphatic rings.